The third kappa shape index (κ3) is 1.89. The normalized spacial score (nSPS) is 18.1. The second-order valence-corrected chi connectivity index (χ2v) is 6.90. The Bertz CT molecular complexity index is 752. The lowest BCUT2D eigenvalue weighted by atomic mass is 9.88. The number of fused-ring (bicyclic) bond motifs is 3. The summed E-state index contributed by atoms with van der Waals surface area (Å²) in [6.45, 7) is 2.38. The molecule has 100 valence electrons. The van der Waals surface area contributed by atoms with Crippen molar-refractivity contribution in [3.8, 4) is 11.1 Å². The first kappa shape index (κ1) is 12.2. The molecule has 0 radical (unpaired) electrons. The van der Waals surface area contributed by atoms with Crippen molar-refractivity contribution in [2.24, 2.45) is 0 Å². The predicted molar refractivity (Wildman–Crippen MR) is 88.6 cm³/mol. The van der Waals surface area contributed by atoms with Gasteiger partial charge in [-0.25, -0.2) is 0 Å². The SMILES string of the molecule is CC1CCCc2c1sc1ccc(-c3ccccc3)cc21. The quantitative estimate of drug-likeness (QED) is 0.511. The second kappa shape index (κ2) is 4.75. The van der Waals surface area contributed by atoms with Crippen LogP contribution in [0.15, 0.2) is 48.5 Å². The van der Waals surface area contributed by atoms with Crippen LogP contribution in [0.4, 0.5) is 0 Å². The van der Waals surface area contributed by atoms with E-state index in [0.717, 1.165) is 5.92 Å². The van der Waals surface area contributed by atoms with E-state index in [9.17, 15) is 0 Å². The maximum absolute atomic E-state index is 2.40. The Kier molecular flexibility index (Phi) is 2.89. The zero-order valence-corrected chi connectivity index (χ0v) is 12.5. The van der Waals surface area contributed by atoms with Gasteiger partial charge in [0, 0.05) is 9.58 Å². The van der Waals surface area contributed by atoms with Crippen molar-refractivity contribution >= 4 is 21.4 Å². The Morgan fingerprint density at radius 1 is 1.00 bits per heavy atom. The Hall–Kier alpha value is -1.60. The van der Waals surface area contributed by atoms with Gasteiger partial charge in [0.25, 0.3) is 0 Å². The van der Waals surface area contributed by atoms with Crippen molar-refractivity contribution in [1.82, 2.24) is 0 Å². The van der Waals surface area contributed by atoms with E-state index < -0.39 is 0 Å². The molecule has 1 unspecified atom stereocenters. The van der Waals surface area contributed by atoms with Crippen molar-refractivity contribution in [2.45, 2.75) is 32.1 Å². The van der Waals surface area contributed by atoms with E-state index in [4.69, 9.17) is 0 Å². The van der Waals surface area contributed by atoms with Gasteiger partial charge >= 0.3 is 0 Å². The van der Waals surface area contributed by atoms with Gasteiger partial charge in [0.05, 0.1) is 0 Å². The first-order valence-corrected chi connectivity index (χ1v) is 8.25. The molecule has 20 heavy (non-hydrogen) atoms. The lowest BCUT2D eigenvalue weighted by molar-refractivity contribution is 0.604. The summed E-state index contributed by atoms with van der Waals surface area (Å²) < 4.78 is 1.46. The monoisotopic (exact) mass is 278 g/mol. The van der Waals surface area contributed by atoms with E-state index in [1.54, 1.807) is 10.4 Å². The first-order valence-electron chi connectivity index (χ1n) is 7.43. The predicted octanol–water partition coefficient (Wildman–Crippen LogP) is 6.01. The van der Waals surface area contributed by atoms with Gasteiger partial charge < -0.3 is 0 Å². The van der Waals surface area contributed by atoms with Gasteiger partial charge in [0.2, 0.25) is 0 Å². The van der Waals surface area contributed by atoms with Gasteiger partial charge in [-0.1, -0.05) is 43.3 Å². The third-order valence-electron chi connectivity index (χ3n) is 4.44. The van der Waals surface area contributed by atoms with Crippen LogP contribution in [0.25, 0.3) is 21.2 Å². The molecule has 0 amide bonds. The van der Waals surface area contributed by atoms with Crippen LogP contribution >= 0.6 is 11.3 Å². The highest BCUT2D eigenvalue weighted by Crippen LogP contribution is 2.43. The molecule has 3 aromatic rings. The smallest absolute Gasteiger partial charge is 0.0349 e. The zero-order chi connectivity index (χ0) is 13.5. The largest absolute Gasteiger partial charge is 0.140 e. The number of aryl methyl sites for hydroxylation is 1. The van der Waals surface area contributed by atoms with Crippen LogP contribution in [0.3, 0.4) is 0 Å². The lowest BCUT2D eigenvalue weighted by Gasteiger charge is -2.18. The highest BCUT2D eigenvalue weighted by atomic mass is 32.1. The van der Waals surface area contributed by atoms with Crippen molar-refractivity contribution in [2.75, 3.05) is 0 Å². The van der Waals surface area contributed by atoms with E-state index in [1.807, 2.05) is 11.3 Å². The highest BCUT2D eigenvalue weighted by Gasteiger charge is 2.21. The number of hydrogen-bond donors (Lipinski definition) is 0. The zero-order valence-electron chi connectivity index (χ0n) is 11.7. The molecule has 0 aliphatic heterocycles. The fraction of sp³-hybridized carbons (Fsp3) is 0.263. The Balaban J connectivity index is 1.91. The molecule has 0 saturated heterocycles. The molecule has 0 fully saturated rings. The lowest BCUT2D eigenvalue weighted by Crippen LogP contribution is -2.02. The van der Waals surface area contributed by atoms with Gasteiger partial charge in [-0.2, -0.15) is 0 Å². The molecule has 1 atom stereocenters. The van der Waals surface area contributed by atoms with Crippen molar-refractivity contribution < 1.29 is 0 Å². The molecular formula is C19H18S. The summed E-state index contributed by atoms with van der Waals surface area (Å²) in [4.78, 5) is 1.64. The Labute approximate surface area is 124 Å². The van der Waals surface area contributed by atoms with Gasteiger partial charge in [0.1, 0.15) is 0 Å². The fourth-order valence-electron chi connectivity index (χ4n) is 3.35. The molecule has 0 spiro atoms. The number of thiophene rings is 1. The molecule has 0 bridgehead atoms. The topological polar surface area (TPSA) is 0 Å². The number of rotatable bonds is 1. The summed E-state index contributed by atoms with van der Waals surface area (Å²) in [5, 5.41) is 1.50. The molecule has 1 aliphatic carbocycles. The molecular weight excluding hydrogens is 260 g/mol. The van der Waals surface area contributed by atoms with E-state index in [0.29, 0.717) is 0 Å². The third-order valence-corrected chi connectivity index (χ3v) is 5.89. The van der Waals surface area contributed by atoms with Gasteiger partial charge in [-0.15, -0.1) is 11.3 Å². The summed E-state index contributed by atoms with van der Waals surface area (Å²) in [5.74, 6) is 0.747. The van der Waals surface area contributed by atoms with Crippen LogP contribution in [0.5, 0.6) is 0 Å². The standard InChI is InChI=1S/C19H18S/c1-13-6-5-9-16-17-12-15(14-7-3-2-4-8-14)10-11-18(17)20-19(13)16/h2-4,7-8,10-13H,5-6,9H2,1H3. The van der Waals surface area contributed by atoms with Crippen LogP contribution in [-0.4, -0.2) is 0 Å². The van der Waals surface area contributed by atoms with E-state index in [-0.39, 0.29) is 0 Å². The summed E-state index contributed by atoms with van der Waals surface area (Å²) in [6.07, 6.45) is 3.96. The molecule has 1 heterocycles. The minimum Gasteiger partial charge on any atom is -0.140 e. The van der Waals surface area contributed by atoms with Crippen LogP contribution in [0.1, 0.15) is 36.1 Å². The van der Waals surface area contributed by atoms with Crippen molar-refractivity contribution in [3.63, 3.8) is 0 Å². The van der Waals surface area contributed by atoms with Crippen molar-refractivity contribution in [1.29, 1.82) is 0 Å². The van der Waals surface area contributed by atoms with Crippen LogP contribution in [0.2, 0.25) is 0 Å². The minimum atomic E-state index is 0.747. The number of hydrogen-bond acceptors (Lipinski definition) is 1. The minimum absolute atomic E-state index is 0.747. The van der Waals surface area contributed by atoms with Crippen LogP contribution in [0, 0.1) is 0 Å². The first-order chi connectivity index (χ1) is 9.83. The van der Waals surface area contributed by atoms with E-state index in [1.165, 1.54) is 40.5 Å². The average molecular weight is 278 g/mol. The highest BCUT2D eigenvalue weighted by molar-refractivity contribution is 7.19. The molecule has 1 aliphatic rings. The summed E-state index contributed by atoms with van der Waals surface area (Å²) in [5.41, 5.74) is 4.29. The molecule has 2 aromatic carbocycles. The maximum Gasteiger partial charge on any atom is 0.0349 e. The van der Waals surface area contributed by atoms with E-state index >= 15 is 0 Å². The number of benzene rings is 2. The summed E-state index contributed by atoms with van der Waals surface area (Å²) in [7, 11) is 0. The molecule has 0 N–H and O–H groups in total. The molecule has 1 aromatic heterocycles. The van der Waals surface area contributed by atoms with Gasteiger partial charge in [-0.3, -0.25) is 0 Å². The Morgan fingerprint density at radius 3 is 2.70 bits per heavy atom. The van der Waals surface area contributed by atoms with E-state index in [2.05, 4.69) is 55.5 Å². The van der Waals surface area contributed by atoms with Gasteiger partial charge in [0.15, 0.2) is 0 Å². The summed E-state index contributed by atoms with van der Waals surface area (Å²) >= 11 is 2.01. The van der Waals surface area contributed by atoms with Crippen LogP contribution in [-0.2, 0) is 6.42 Å². The second-order valence-electron chi connectivity index (χ2n) is 5.82. The molecule has 4 rings (SSSR count). The molecule has 0 saturated carbocycles. The van der Waals surface area contributed by atoms with Gasteiger partial charge in [-0.05, 0) is 59.4 Å². The average Bonchev–Trinajstić information content (AvgIpc) is 2.88. The summed E-state index contributed by atoms with van der Waals surface area (Å²) in [6, 6.07) is 17.7. The maximum atomic E-state index is 2.40. The van der Waals surface area contributed by atoms with Crippen molar-refractivity contribution in [3.05, 3.63) is 59.0 Å². The molecule has 0 nitrogen and oxygen atoms in total. The molecule has 1 heteroatoms. The fourth-order valence-corrected chi connectivity index (χ4v) is 4.67. The van der Waals surface area contributed by atoms with Crippen LogP contribution < -0.4 is 0 Å². The Morgan fingerprint density at radius 2 is 1.85 bits per heavy atom.